The molecular weight excluding hydrogens is 336 g/mol. The summed E-state index contributed by atoms with van der Waals surface area (Å²) in [6.45, 7) is 3.70. The molecule has 25 heavy (non-hydrogen) atoms. The highest BCUT2D eigenvalue weighted by molar-refractivity contribution is 7.99. The van der Waals surface area contributed by atoms with Crippen LogP contribution in [0.2, 0.25) is 0 Å². The fourth-order valence-electron chi connectivity index (χ4n) is 3.32. The maximum Gasteiger partial charge on any atom is 0.313 e. The van der Waals surface area contributed by atoms with E-state index in [0.717, 1.165) is 37.0 Å². The molecule has 1 aliphatic carbocycles. The Kier molecular flexibility index (Phi) is 5.96. The predicted octanol–water partition coefficient (Wildman–Crippen LogP) is 3.60. The van der Waals surface area contributed by atoms with Crippen LogP contribution in [0.4, 0.5) is 5.95 Å². The van der Waals surface area contributed by atoms with Crippen molar-refractivity contribution >= 4 is 23.7 Å². The summed E-state index contributed by atoms with van der Waals surface area (Å²) in [4.78, 5) is 13.2. The highest BCUT2D eigenvalue weighted by Crippen LogP contribution is 2.36. The number of aromatic nitrogens is 3. The molecule has 1 saturated carbocycles. The Morgan fingerprint density at radius 3 is 2.64 bits per heavy atom. The summed E-state index contributed by atoms with van der Waals surface area (Å²) < 4.78 is 2.17. The average molecular weight is 360 g/mol. The lowest BCUT2D eigenvalue weighted by molar-refractivity contribution is -0.133. The molecular formula is C18H24N4O2S. The Bertz CT molecular complexity index is 698. The topological polar surface area (TPSA) is 71.2 Å². The summed E-state index contributed by atoms with van der Waals surface area (Å²) in [5.74, 6) is 0.0330. The molecule has 0 atom stereocenters. The van der Waals surface area contributed by atoms with Gasteiger partial charge in [0.1, 0.15) is 0 Å². The molecule has 1 aromatic heterocycles. The first kappa shape index (κ1) is 17.8. The lowest BCUT2D eigenvalue weighted by atomic mass is 10.2. The van der Waals surface area contributed by atoms with Crippen LogP contribution >= 0.6 is 11.8 Å². The standard InChI is InChI=1S/C18H24N4O2S/c1-2-21(12-14-8-4-3-5-9-14)17-19-20-18(25-13-16(23)24)22(17)15-10-6-7-11-15/h3-5,8-9,15H,2,6-7,10-13H2,1H3,(H,23,24). The number of carbonyl (C=O) groups is 1. The fourth-order valence-corrected chi connectivity index (χ4v) is 4.04. The van der Waals surface area contributed by atoms with E-state index in [-0.39, 0.29) is 5.75 Å². The second-order valence-corrected chi connectivity index (χ2v) is 7.22. The second kappa shape index (κ2) is 8.38. The number of aliphatic carboxylic acids is 1. The van der Waals surface area contributed by atoms with Crippen LogP contribution in [0, 0.1) is 0 Å². The number of carboxylic acids is 1. The van der Waals surface area contributed by atoms with Gasteiger partial charge in [-0.25, -0.2) is 0 Å². The summed E-state index contributed by atoms with van der Waals surface area (Å²) in [7, 11) is 0. The minimum Gasteiger partial charge on any atom is -0.481 e. The van der Waals surface area contributed by atoms with Crippen molar-refractivity contribution in [1.82, 2.24) is 14.8 Å². The van der Waals surface area contributed by atoms with Crippen LogP contribution < -0.4 is 4.90 Å². The number of thioether (sulfide) groups is 1. The van der Waals surface area contributed by atoms with Gasteiger partial charge in [0.2, 0.25) is 5.95 Å². The molecule has 2 aromatic rings. The van der Waals surface area contributed by atoms with Crippen LogP contribution in [-0.2, 0) is 11.3 Å². The Balaban J connectivity index is 1.88. The maximum atomic E-state index is 11.0. The van der Waals surface area contributed by atoms with E-state index in [1.807, 2.05) is 18.2 Å². The van der Waals surface area contributed by atoms with Gasteiger partial charge in [0.05, 0.1) is 5.75 Å². The number of anilines is 1. The van der Waals surface area contributed by atoms with E-state index in [0.29, 0.717) is 6.04 Å². The van der Waals surface area contributed by atoms with Gasteiger partial charge in [-0.2, -0.15) is 0 Å². The molecule has 134 valence electrons. The van der Waals surface area contributed by atoms with E-state index < -0.39 is 5.97 Å². The highest BCUT2D eigenvalue weighted by atomic mass is 32.2. The first-order chi connectivity index (χ1) is 12.2. The van der Waals surface area contributed by atoms with E-state index in [1.54, 1.807) is 0 Å². The van der Waals surface area contributed by atoms with Gasteiger partial charge in [0, 0.05) is 19.1 Å². The van der Waals surface area contributed by atoms with Gasteiger partial charge in [0.25, 0.3) is 0 Å². The molecule has 0 unspecified atom stereocenters. The van der Waals surface area contributed by atoms with Gasteiger partial charge in [-0.1, -0.05) is 54.9 Å². The molecule has 1 N–H and O–H groups in total. The minimum absolute atomic E-state index is 0.00959. The van der Waals surface area contributed by atoms with Crippen LogP contribution in [0.1, 0.15) is 44.2 Å². The third-order valence-electron chi connectivity index (χ3n) is 4.54. The monoisotopic (exact) mass is 360 g/mol. The van der Waals surface area contributed by atoms with Crippen molar-refractivity contribution in [2.45, 2.75) is 50.4 Å². The number of nitrogens with zero attached hydrogens (tertiary/aromatic N) is 4. The Morgan fingerprint density at radius 2 is 2.00 bits per heavy atom. The molecule has 0 radical (unpaired) electrons. The molecule has 1 fully saturated rings. The Hall–Kier alpha value is -2.02. The molecule has 7 heteroatoms. The van der Waals surface area contributed by atoms with Crippen molar-refractivity contribution in [1.29, 1.82) is 0 Å². The van der Waals surface area contributed by atoms with Crippen molar-refractivity contribution < 1.29 is 9.90 Å². The lowest BCUT2D eigenvalue weighted by Gasteiger charge is -2.25. The molecule has 1 heterocycles. The number of rotatable bonds is 8. The van der Waals surface area contributed by atoms with Crippen LogP contribution in [0.5, 0.6) is 0 Å². The normalized spacial score (nSPS) is 14.8. The van der Waals surface area contributed by atoms with Crippen molar-refractivity contribution in [2.24, 2.45) is 0 Å². The number of hydrogen-bond donors (Lipinski definition) is 1. The first-order valence-electron chi connectivity index (χ1n) is 8.77. The average Bonchev–Trinajstić information content (AvgIpc) is 3.27. The summed E-state index contributed by atoms with van der Waals surface area (Å²) in [5, 5.41) is 18.5. The summed E-state index contributed by atoms with van der Waals surface area (Å²) in [6.07, 6.45) is 4.62. The van der Waals surface area contributed by atoms with Gasteiger partial charge >= 0.3 is 5.97 Å². The van der Waals surface area contributed by atoms with E-state index in [9.17, 15) is 4.79 Å². The summed E-state index contributed by atoms with van der Waals surface area (Å²) in [5.41, 5.74) is 1.23. The molecule has 0 saturated heterocycles. The largest absolute Gasteiger partial charge is 0.481 e. The molecule has 1 aromatic carbocycles. The maximum absolute atomic E-state index is 11.0. The van der Waals surface area contributed by atoms with Gasteiger partial charge < -0.3 is 10.0 Å². The molecule has 0 amide bonds. The van der Waals surface area contributed by atoms with Crippen molar-refractivity contribution in [3.8, 4) is 0 Å². The Morgan fingerprint density at radius 1 is 1.28 bits per heavy atom. The zero-order valence-corrected chi connectivity index (χ0v) is 15.3. The molecule has 0 spiro atoms. The van der Waals surface area contributed by atoms with Crippen LogP contribution in [0.15, 0.2) is 35.5 Å². The molecule has 0 aliphatic heterocycles. The lowest BCUT2D eigenvalue weighted by Crippen LogP contribution is -2.26. The SMILES string of the molecule is CCN(Cc1ccccc1)c1nnc(SCC(=O)O)n1C1CCCC1. The number of benzene rings is 1. The molecule has 3 rings (SSSR count). The van der Waals surface area contributed by atoms with Crippen LogP contribution in [-0.4, -0.2) is 38.1 Å². The third kappa shape index (κ3) is 4.34. The molecule has 0 bridgehead atoms. The highest BCUT2D eigenvalue weighted by Gasteiger charge is 2.26. The van der Waals surface area contributed by atoms with Gasteiger partial charge in [-0.3, -0.25) is 9.36 Å². The van der Waals surface area contributed by atoms with E-state index >= 15 is 0 Å². The smallest absolute Gasteiger partial charge is 0.313 e. The predicted molar refractivity (Wildman–Crippen MR) is 99.1 cm³/mol. The van der Waals surface area contributed by atoms with Crippen molar-refractivity contribution in [2.75, 3.05) is 17.2 Å². The molecule has 6 nitrogen and oxygen atoms in total. The summed E-state index contributed by atoms with van der Waals surface area (Å²) >= 11 is 1.26. The fraction of sp³-hybridized carbons (Fsp3) is 0.500. The van der Waals surface area contributed by atoms with E-state index in [2.05, 4.69) is 38.7 Å². The van der Waals surface area contributed by atoms with Gasteiger partial charge in [0.15, 0.2) is 5.16 Å². The number of hydrogen-bond acceptors (Lipinski definition) is 5. The second-order valence-electron chi connectivity index (χ2n) is 6.27. The van der Waals surface area contributed by atoms with Crippen molar-refractivity contribution in [3.05, 3.63) is 35.9 Å². The van der Waals surface area contributed by atoms with Gasteiger partial charge in [-0.15, -0.1) is 10.2 Å². The van der Waals surface area contributed by atoms with Crippen molar-refractivity contribution in [3.63, 3.8) is 0 Å². The zero-order chi connectivity index (χ0) is 17.6. The van der Waals surface area contributed by atoms with E-state index in [1.165, 1.54) is 30.2 Å². The third-order valence-corrected chi connectivity index (χ3v) is 5.47. The van der Waals surface area contributed by atoms with Crippen LogP contribution in [0.3, 0.4) is 0 Å². The van der Waals surface area contributed by atoms with Gasteiger partial charge in [-0.05, 0) is 25.3 Å². The first-order valence-corrected chi connectivity index (χ1v) is 9.76. The number of carboxylic acid groups (broad SMARTS) is 1. The summed E-state index contributed by atoms with van der Waals surface area (Å²) in [6, 6.07) is 10.7. The van der Waals surface area contributed by atoms with E-state index in [4.69, 9.17) is 5.11 Å². The Labute approximate surface area is 152 Å². The molecule has 1 aliphatic rings. The minimum atomic E-state index is -0.829. The zero-order valence-electron chi connectivity index (χ0n) is 14.5. The quantitative estimate of drug-likeness (QED) is 0.725. The van der Waals surface area contributed by atoms with Crippen LogP contribution in [0.25, 0.3) is 0 Å².